The Morgan fingerprint density at radius 1 is 1.29 bits per heavy atom. The van der Waals surface area contributed by atoms with Gasteiger partial charge in [0.1, 0.15) is 11.4 Å². The van der Waals surface area contributed by atoms with Crippen molar-refractivity contribution in [2.45, 2.75) is 31.8 Å². The summed E-state index contributed by atoms with van der Waals surface area (Å²) in [6.45, 7) is 3.92. The molecule has 0 saturated carbocycles. The molecule has 2 aliphatic rings. The van der Waals surface area contributed by atoms with Crippen molar-refractivity contribution in [3.8, 4) is 0 Å². The van der Waals surface area contributed by atoms with Gasteiger partial charge < -0.3 is 9.64 Å². The molecule has 1 fully saturated rings. The predicted molar refractivity (Wildman–Crippen MR) is 87.5 cm³/mol. The number of pyridine rings is 1. The Morgan fingerprint density at radius 2 is 2.12 bits per heavy atom. The van der Waals surface area contributed by atoms with Gasteiger partial charge in [-0.1, -0.05) is 0 Å². The van der Waals surface area contributed by atoms with E-state index in [0.717, 1.165) is 30.8 Å². The molecule has 0 radical (unpaired) electrons. The van der Waals surface area contributed by atoms with Crippen molar-refractivity contribution in [2.75, 3.05) is 19.7 Å². The lowest BCUT2D eigenvalue weighted by Crippen LogP contribution is -2.49. The van der Waals surface area contributed by atoms with Gasteiger partial charge in [0.25, 0.3) is 5.91 Å². The summed E-state index contributed by atoms with van der Waals surface area (Å²) in [7, 11) is 0. The average Bonchev–Trinajstić information content (AvgIpc) is 2.63. The van der Waals surface area contributed by atoms with Gasteiger partial charge in [0.05, 0.1) is 17.9 Å². The Kier molecular flexibility index (Phi) is 3.76. The smallest absolute Gasteiger partial charge is 0.255 e. The molecule has 6 nitrogen and oxygen atoms in total. The Labute approximate surface area is 140 Å². The number of aryl methyl sites for hydroxylation is 1. The summed E-state index contributed by atoms with van der Waals surface area (Å²) in [5.74, 6) is 0.806. The molecule has 0 bridgehead atoms. The minimum Gasteiger partial charge on any atom is -0.368 e. The number of carbonyl (C=O) groups excluding carboxylic acids is 1. The van der Waals surface area contributed by atoms with Gasteiger partial charge in [-0.15, -0.1) is 0 Å². The first-order valence-corrected chi connectivity index (χ1v) is 8.34. The van der Waals surface area contributed by atoms with Gasteiger partial charge in [-0.2, -0.15) is 0 Å². The average molecular weight is 324 g/mol. The third-order valence-electron chi connectivity index (χ3n) is 4.93. The number of rotatable bonds is 1. The minimum atomic E-state index is -0.368. The van der Waals surface area contributed by atoms with Crippen molar-refractivity contribution in [2.24, 2.45) is 0 Å². The molecule has 124 valence electrons. The van der Waals surface area contributed by atoms with E-state index in [1.165, 1.54) is 5.56 Å². The van der Waals surface area contributed by atoms with E-state index in [2.05, 4.69) is 15.0 Å². The Morgan fingerprint density at radius 3 is 2.88 bits per heavy atom. The monoisotopic (exact) mass is 324 g/mol. The van der Waals surface area contributed by atoms with Crippen molar-refractivity contribution in [3.63, 3.8) is 0 Å². The van der Waals surface area contributed by atoms with Gasteiger partial charge in [-0.3, -0.25) is 9.78 Å². The van der Waals surface area contributed by atoms with Crippen LogP contribution in [0, 0.1) is 6.92 Å². The second-order valence-electron chi connectivity index (χ2n) is 6.42. The van der Waals surface area contributed by atoms with Crippen LogP contribution in [0.2, 0.25) is 0 Å². The number of hydrogen-bond donors (Lipinski definition) is 0. The highest BCUT2D eigenvalue weighted by Gasteiger charge is 2.43. The maximum absolute atomic E-state index is 12.6. The van der Waals surface area contributed by atoms with Crippen molar-refractivity contribution < 1.29 is 9.53 Å². The first-order valence-electron chi connectivity index (χ1n) is 8.34. The van der Waals surface area contributed by atoms with Crippen LogP contribution in [0.15, 0.2) is 30.7 Å². The molecule has 2 aromatic heterocycles. The predicted octanol–water partition coefficient (Wildman–Crippen LogP) is 1.88. The van der Waals surface area contributed by atoms with Crippen LogP contribution in [-0.2, 0) is 16.8 Å². The SMILES string of the molecule is Cc1ncc2c(n1)C1(CCN(C(=O)c3cccnc3)CC1)OCC2. The maximum atomic E-state index is 12.6. The van der Waals surface area contributed by atoms with Crippen LogP contribution in [0.4, 0.5) is 0 Å². The summed E-state index contributed by atoms with van der Waals surface area (Å²) in [5, 5.41) is 0. The summed E-state index contributed by atoms with van der Waals surface area (Å²) in [4.78, 5) is 27.5. The summed E-state index contributed by atoms with van der Waals surface area (Å²) in [6, 6.07) is 3.60. The highest BCUT2D eigenvalue weighted by atomic mass is 16.5. The third kappa shape index (κ3) is 2.57. The molecule has 4 heterocycles. The van der Waals surface area contributed by atoms with E-state index in [4.69, 9.17) is 4.74 Å². The number of amides is 1. The Balaban J connectivity index is 1.55. The standard InChI is InChI=1S/C18H20N4O2/c1-13-20-12-14-4-10-24-18(16(14)21-13)5-8-22(9-6-18)17(23)15-3-2-7-19-11-15/h2-3,7,11-12H,4-6,8-10H2,1H3. The molecule has 0 unspecified atom stereocenters. The molecule has 0 N–H and O–H groups in total. The van der Waals surface area contributed by atoms with Crippen LogP contribution >= 0.6 is 0 Å². The van der Waals surface area contributed by atoms with Crippen molar-refractivity contribution in [1.82, 2.24) is 19.9 Å². The molecule has 0 atom stereocenters. The second-order valence-corrected chi connectivity index (χ2v) is 6.42. The fraction of sp³-hybridized carbons (Fsp3) is 0.444. The molecular formula is C18H20N4O2. The summed E-state index contributed by atoms with van der Waals surface area (Å²) >= 11 is 0. The van der Waals surface area contributed by atoms with Gasteiger partial charge in [0, 0.05) is 31.7 Å². The number of hydrogen-bond acceptors (Lipinski definition) is 5. The van der Waals surface area contributed by atoms with Crippen molar-refractivity contribution in [1.29, 1.82) is 0 Å². The fourth-order valence-corrected chi connectivity index (χ4v) is 3.62. The third-order valence-corrected chi connectivity index (χ3v) is 4.93. The molecule has 4 rings (SSSR count). The van der Waals surface area contributed by atoms with E-state index in [-0.39, 0.29) is 11.5 Å². The van der Waals surface area contributed by atoms with Crippen LogP contribution in [0.25, 0.3) is 0 Å². The molecule has 0 aromatic carbocycles. The minimum absolute atomic E-state index is 0.0350. The van der Waals surface area contributed by atoms with E-state index >= 15 is 0 Å². The topological polar surface area (TPSA) is 68.2 Å². The van der Waals surface area contributed by atoms with Crippen LogP contribution < -0.4 is 0 Å². The van der Waals surface area contributed by atoms with E-state index < -0.39 is 0 Å². The molecule has 1 saturated heterocycles. The summed E-state index contributed by atoms with van der Waals surface area (Å²) < 4.78 is 6.18. The van der Waals surface area contributed by atoms with E-state index in [9.17, 15) is 4.79 Å². The molecule has 0 aliphatic carbocycles. The zero-order valence-corrected chi connectivity index (χ0v) is 13.7. The summed E-state index contributed by atoms with van der Waals surface area (Å²) in [5.41, 5.74) is 2.47. The maximum Gasteiger partial charge on any atom is 0.255 e. The largest absolute Gasteiger partial charge is 0.368 e. The molecular weight excluding hydrogens is 304 g/mol. The number of carbonyl (C=O) groups is 1. The van der Waals surface area contributed by atoms with Gasteiger partial charge >= 0.3 is 0 Å². The lowest BCUT2D eigenvalue weighted by Gasteiger charge is -2.44. The lowest BCUT2D eigenvalue weighted by atomic mass is 9.83. The molecule has 6 heteroatoms. The van der Waals surface area contributed by atoms with Gasteiger partial charge in [0.15, 0.2) is 0 Å². The summed E-state index contributed by atoms with van der Waals surface area (Å²) in [6.07, 6.45) is 7.61. The number of piperidine rings is 1. The normalized spacial score (nSPS) is 19.1. The quantitative estimate of drug-likeness (QED) is 0.801. The second kappa shape index (κ2) is 5.94. The fourth-order valence-electron chi connectivity index (χ4n) is 3.62. The molecule has 2 aromatic rings. The van der Waals surface area contributed by atoms with Crippen molar-refractivity contribution in [3.05, 3.63) is 53.4 Å². The highest BCUT2D eigenvalue weighted by Crippen LogP contribution is 2.40. The molecule has 1 amide bonds. The number of nitrogens with zero attached hydrogens (tertiary/aromatic N) is 4. The Hall–Kier alpha value is -2.34. The zero-order valence-electron chi connectivity index (χ0n) is 13.7. The van der Waals surface area contributed by atoms with E-state index in [1.54, 1.807) is 18.5 Å². The van der Waals surface area contributed by atoms with Gasteiger partial charge in [-0.05, 0) is 43.9 Å². The number of aromatic nitrogens is 3. The highest BCUT2D eigenvalue weighted by molar-refractivity contribution is 5.93. The van der Waals surface area contributed by atoms with Crippen molar-refractivity contribution >= 4 is 5.91 Å². The van der Waals surface area contributed by atoms with Crippen LogP contribution in [0.5, 0.6) is 0 Å². The zero-order chi connectivity index (χ0) is 16.6. The van der Waals surface area contributed by atoms with Gasteiger partial charge in [0.2, 0.25) is 0 Å². The first kappa shape index (κ1) is 15.2. The number of fused-ring (bicyclic) bond motifs is 2. The molecule has 1 spiro atoms. The van der Waals surface area contributed by atoms with E-state index in [1.807, 2.05) is 24.1 Å². The number of ether oxygens (including phenoxy) is 1. The van der Waals surface area contributed by atoms with Crippen LogP contribution in [0.3, 0.4) is 0 Å². The number of likely N-dealkylation sites (tertiary alicyclic amines) is 1. The lowest BCUT2D eigenvalue weighted by molar-refractivity contribution is -0.0968. The van der Waals surface area contributed by atoms with E-state index in [0.29, 0.717) is 25.3 Å². The van der Waals surface area contributed by atoms with Crippen LogP contribution in [0.1, 0.15) is 40.3 Å². The van der Waals surface area contributed by atoms with Crippen LogP contribution in [-0.4, -0.2) is 45.5 Å². The first-order chi connectivity index (χ1) is 11.7. The molecule has 24 heavy (non-hydrogen) atoms. The van der Waals surface area contributed by atoms with Gasteiger partial charge in [-0.25, -0.2) is 9.97 Å². The Bertz CT molecular complexity index is 755. The molecule has 2 aliphatic heterocycles.